The maximum atomic E-state index is 5.64. The number of rotatable bonds is 9. The van der Waals surface area contributed by atoms with Crippen LogP contribution in [0.4, 0.5) is 0 Å². The van der Waals surface area contributed by atoms with E-state index in [4.69, 9.17) is 14.2 Å². The fraction of sp³-hybridized carbons (Fsp3) is 0.368. The number of nitrogens with one attached hydrogen (secondary N) is 1. The topological polar surface area (TPSA) is 39.7 Å². The maximum absolute atomic E-state index is 5.64. The third-order valence-electron chi connectivity index (χ3n) is 3.51. The van der Waals surface area contributed by atoms with Crippen LogP contribution in [0.2, 0.25) is 0 Å². The van der Waals surface area contributed by atoms with Crippen molar-refractivity contribution in [3.63, 3.8) is 0 Å². The highest BCUT2D eigenvalue weighted by Crippen LogP contribution is 2.28. The molecule has 4 nitrogen and oxygen atoms in total. The first-order chi connectivity index (χ1) is 11.2. The van der Waals surface area contributed by atoms with Crippen molar-refractivity contribution < 1.29 is 14.2 Å². The molecular formula is C19H25NO3. The Morgan fingerprint density at radius 2 is 1.65 bits per heavy atom. The zero-order chi connectivity index (χ0) is 16.5. The molecule has 2 aromatic rings. The molecule has 0 aliphatic carbocycles. The van der Waals surface area contributed by atoms with Crippen LogP contribution < -0.4 is 14.8 Å². The Morgan fingerprint density at radius 3 is 2.35 bits per heavy atom. The molecule has 1 N–H and O–H groups in total. The molecule has 0 spiro atoms. The van der Waals surface area contributed by atoms with Gasteiger partial charge in [-0.3, -0.25) is 0 Å². The predicted octanol–water partition coefficient (Wildman–Crippen LogP) is 3.32. The average molecular weight is 315 g/mol. The monoisotopic (exact) mass is 315 g/mol. The van der Waals surface area contributed by atoms with Gasteiger partial charge in [-0.05, 0) is 30.2 Å². The van der Waals surface area contributed by atoms with Gasteiger partial charge >= 0.3 is 0 Å². The van der Waals surface area contributed by atoms with E-state index in [2.05, 4.69) is 36.5 Å². The Hall–Kier alpha value is -2.04. The van der Waals surface area contributed by atoms with Gasteiger partial charge in [0, 0.05) is 20.2 Å². The molecule has 0 unspecified atom stereocenters. The lowest BCUT2D eigenvalue weighted by Crippen LogP contribution is -2.13. The summed E-state index contributed by atoms with van der Waals surface area (Å²) in [4.78, 5) is 0. The van der Waals surface area contributed by atoms with Gasteiger partial charge < -0.3 is 19.5 Å². The normalized spacial score (nSPS) is 10.6. The summed E-state index contributed by atoms with van der Waals surface area (Å²) >= 11 is 0. The Bertz CT molecular complexity index is 613. The summed E-state index contributed by atoms with van der Waals surface area (Å²) in [6, 6.07) is 14.5. The Morgan fingerprint density at radius 1 is 0.870 bits per heavy atom. The molecule has 0 amide bonds. The van der Waals surface area contributed by atoms with Crippen molar-refractivity contribution in [1.29, 1.82) is 0 Å². The molecule has 2 aromatic carbocycles. The molecule has 0 aromatic heterocycles. The number of hydrogen-bond donors (Lipinski definition) is 1. The molecule has 0 aliphatic heterocycles. The van der Waals surface area contributed by atoms with Crippen molar-refractivity contribution in [2.75, 3.05) is 27.4 Å². The second kappa shape index (κ2) is 9.18. The summed E-state index contributed by atoms with van der Waals surface area (Å²) in [5.74, 6) is 1.49. The van der Waals surface area contributed by atoms with E-state index >= 15 is 0 Å². The zero-order valence-corrected chi connectivity index (χ0v) is 14.1. The summed E-state index contributed by atoms with van der Waals surface area (Å²) < 4.78 is 16.0. The molecule has 0 radical (unpaired) electrons. The molecule has 0 saturated heterocycles. The second-order valence-corrected chi connectivity index (χ2v) is 5.42. The summed E-state index contributed by atoms with van der Waals surface area (Å²) in [5.41, 5.74) is 3.73. The first-order valence-corrected chi connectivity index (χ1v) is 7.78. The number of aryl methyl sites for hydroxylation is 1. The van der Waals surface area contributed by atoms with E-state index in [1.54, 1.807) is 14.2 Å². The van der Waals surface area contributed by atoms with Crippen LogP contribution >= 0.6 is 0 Å². The molecule has 0 bridgehead atoms. The van der Waals surface area contributed by atoms with Gasteiger partial charge in [-0.15, -0.1) is 0 Å². The van der Waals surface area contributed by atoms with E-state index in [1.165, 1.54) is 11.1 Å². The average Bonchev–Trinajstić information content (AvgIpc) is 2.56. The first-order valence-electron chi connectivity index (χ1n) is 7.78. The molecule has 2 rings (SSSR count). The van der Waals surface area contributed by atoms with Crippen molar-refractivity contribution in [1.82, 2.24) is 5.32 Å². The van der Waals surface area contributed by atoms with Crippen LogP contribution in [-0.2, 0) is 17.8 Å². The van der Waals surface area contributed by atoms with Crippen molar-refractivity contribution in [3.8, 4) is 11.5 Å². The van der Waals surface area contributed by atoms with E-state index in [1.807, 2.05) is 18.2 Å². The molecule has 0 saturated carbocycles. The summed E-state index contributed by atoms with van der Waals surface area (Å²) in [5, 5.41) is 3.45. The highest BCUT2D eigenvalue weighted by Gasteiger charge is 2.06. The fourth-order valence-electron chi connectivity index (χ4n) is 2.35. The Balaban J connectivity index is 1.90. The van der Waals surface area contributed by atoms with Gasteiger partial charge in [-0.25, -0.2) is 0 Å². The third kappa shape index (κ3) is 5.58. The molecule has 4 heteroatoms. The molecular weight excluding hydrogens is 290 g/mol. The van der Waals surface area contributed by atoms with E-state index in [0.29, 0.717) is 13.2 Å². The van der Waals surface area contributed by atoms with Gasteiger partial charge in [0.1, 0.15) is 6.61 Å². The zero-order valence-electron chi connectivity index (χ0n) is 14.1. The fourth-order valence-corrected chi connectivity index (χ4v) is 2.35. The lowest BCUT2D eigenvalue weighted by Gasteiger charge is -2.12. The van der Waals surface area contributed by atoms with Crippen molar-refractivity contribution >= 4 is 0 Å². The van der Waals surface area contributed by atoms with Crippen LogP contribution in [0.3, 0.4) is 0 Å². The van der Waals surface area contributed by atoms with Gasteiger partial charge in [-0.1, -0.05) is 35.9 Å². The maximum Gasteiger partial charge on any atom is 0.161 e. The van der Waals surface area contributed by atoms with Crippen molar-refractivity contribution in [2.24, 2.45) is 0 Å². The smallest absolute Gasteiger partial charge is 0.161 e. The van der Waals surface area contributed by atoms with Crippen LogP contribution in [0.1, 0.15) is 16.7 Å². The number of ether oxygens (including phenoxy) is 3. The summed E-state index contributed by atoms with van der Waals surface area (Å²) in [7, 11) is 3.31. The number of methoxy groups -OCH3 is 2. The van der Waals surface area contributed by atoms with E-state index < -0.39 is 0 Å². The van der Waals surface area contributed by atoms with E-state index in [9.17, 15) is 0 Å². The number of hydrogen-bond acceptors (Lipinski definition) is 4. The first kappa shape index (κ1) is 17.3. The highest BCUT2D eigenvalue weighted by molar-refractivity contribution is 5.43. The van der Waals surface area contributed by atoms with Gasteiger partial charge in [0.25, 0.3) is 0 Å². The van der Waals surface area contributed by atoms with Gasteiger partial charge in [0.2, 0.25) is 0 Å². The SMILES string of the molecule is COCCOc1ccc(CNCc2cccc(C)c2)cc1OC. The van der Waals surface area contributed by atoms with Gasteiger partial charge in [0.15, 0.2) is 11.5 Å². The molecule has 0 heterocycles. The Kier molecular flexibility index (Phi) is 6.91. The lowest BCUT2D eigenvalue weighted by molar-refractivity contribution is 0.144. The minimum absolute atomic E-state index is 0.512. The lowest BCUT2D eigenvalue weighted by atomic mass is 10.1. The number of benzene rings is 2. The Labute approximate surface area is 138 Å². The highest BCUT2D eigenvalue weighted by atomic mass is 16.5. The largest absolute Gasteiger partial charge is 0.493 e. The quantitative estimate of drug-likeness (QED) is 0.721. The van der Waals surface area contributed by atoms with Crippen LogP contribution in [0.5, 0.6) is 11.5 Å². The van der Waals surface area contributed by atoms with Crippen LogP contribution in [-0.4, -0.2) is 27.4 Å². The summed E-state index contributed by atoms with van der Waals surface area (Å²) in [6.45, 7) is 4.80. The molecule has 124 valence electrons. The van der Waals surface area contributed by atoms with Gasteiger partial charge in [-0.2, -0.15) is 0 Å². The molecule has 23 heavy (non-hydrogen) atoms. The molecule has 0 atom stereocenters. The van der Waals surface area contributed by atoms with E-state index in [-0.39, 0.29) is 0 Å². The minimum atomic E-state index is 0.512. The standard InChI is InChI=1S/C19H25NO3/c1-15-5-4-6-16(11-15)13-20-14-17-7-8-18(19(12-17)22-3)23-10-9-21-2/h4-8,11-12,20H,9-10,13-14H2,1-3H3. The molecule has 0 fully saturated rings. The minimum Gasteiger partial charge on any atom is -0.493 e. The van der Waals surface area contributed by atoms with Crippen LogP contribution in [0, 0.1) is 6.92 Å². The second-order valence-electron chi connectivity index (χ2n) is 5.42. The van der Waals surface area contributed by atoms with Crippen LogP contribution in [0.15, 0.2) is 42.5 Å². The summed E-state index contributed by atoms with van der Waals surface area (Å²) in [6.07, 6.45) is 0. The van der Waals surface area contributed by atoms with E-state index in [0.717, 1.165) is 30.2 Å². The van der Waals surface area contributed by atoms with Gasteiger partial charge in [0.05, 0.1) is 13.7 Å². The van der Waals surface area contributed by atoms with Crippen molar-refractivity contribution in [3.05, 3.63) is 59.2 Å². The third-order valence-corrected chi connectivity index (χ3v) is 3.51. The molecule has 0 aliphatic rings. The van der Waals surface area contributed by atoms with Crippen LogP contribution in [0.25, 0.3) is 0 Å². The predicted molar refractivity (Wildman–Crippen MR) is 92.1 cm³/mol. The van der Waals surface area contributed by atoms with Crippen molar-refractivity contribution in [2.45, 2.75) is 20.0 Å².